The van der Waals surface area contributed by atoms with Crippen molar-refractivity contribution in [2.24, 2.45) is 0 Å². The molecular weight excluding hydrogens is 386 g/mol. The first-order valence-electron chi connectivity index (χ1n) is 11.1. The van der Waals surface area contributed by atoms with E-state index in [2.05, 4.69) is 41.1 Å². The van der Waals surface area contributed by atoms with Crippen LogP contribution in [0, 0.1) is 0 Å². The molecule has 3 aromatic rings. The molecule has 2 aromatic carbocycles. The number of benzene rings is 2. The number of rotatable bonds is 5. The Morgan fingerprint density at radius 2 is 1.65 bits per heavy atom. The van der Waals surface area contributed by atoms with Crippen LogP contribution in [0.4, 0.5) is 0 Å². The minimum atomic E-state index is -0.128. The molecule has 0 bridgehead atoms. The number of hydrogen-bond donors (Lipinski definition) is 0. The predicted molar refractivity (Wildman–Crippen MR) is 121 cm³/mol. The van der Waals surface area contributed by atoms with Gasteiger partial charge in [-0.25, -0.2) is 0 Å². The molecule has 5 heteroatoms. The molecule has 0 radical (unpaired) electrons. The van der Waals surface area contributed by atoms with Gasteiger partial charge in [-0.3, -0.25) is 4.79 Å². The van der Waals surface area contributed by atoms with Gasteiger partial charge in [0.15, 0.2) is 0 Å². The lowest BCUT2D eigenvalue weighted by molar-refractivity contribution is 0.0495. The highest BCUT2D eigenvalue weighted by molar-refractivity contribution is 5.97. The molecule has 1 saturated heterocycles. The van der Waals surface area contributed by atoms with E-state index in [0.29, 0.717) is 6.54 Å². The number of furan rings is 1. The van der Waals surface area contributed by atoms with Crippen LogP contribution < -0.4 is 0 Å². The molecule has 3 heterocycles. The second-order valence-corrected chi connectivity index (χ2v) is 8.68. The summed E-state index contributed by atoms with van der Waals surface area (Å²) in [6, 6.07) is 22.2. The number of carbonyl (C=O) groups excluding carboxylic acids is 1. The molecule has 2 atom stereocenters. The molecule has 0 unspecified atom stereocenters. The molecule has 0 spiro atoms. The highest BCUT2D eigenvalue weighted by Crippen LogP contribution is 2.44. The summed E-state index contributed by atoms with van der Waals surface area (Å²) in [5, 5.41) is 0. The van der Waals surface area contributed by atoms with Gasteiger partial charge in [0.05, 0.1) is 12.3 Å². The van der Waals surface area contributed by atoms with E-state index in [1.165, 1.54) is 0 Å². The van der Waals surface area contributed by atoms with Crippen LogP contribution in [0.2, 0.25) is 0 Å². The van der Waals surface area contributed by atoms with E-state index in [0.717, 1.165) is 55.2 Å². The summed E-state index contributed by atoms with van der Waals surface area (Å²) in [5.41, 5.74) is 3.09. The van der Waals surface area contributed by atoms with Gasteiger partial charge in [-0.1, -0.05) is 48.5 Å². The zero-order chi connectivity index (χ0) is 21.2. The minimum absolute atomic E-state index is 0.0791. The Labute approximate surface area is 183 Å². The molecule has 5 nitrogen and oxygen atoms in total. The van der Waals surface area contributed by atoms with Crippen LogP contribution in [0.5, 0.6) is 0 Å². The number of amides is 1. The van der Waals surface area contributed by atoms with E-state index >= 15 is 0 Å². The molecule has 0 saturated carbocycles. The molecule has 160 valence electrons. The first kappa shape index (κ1) is 20.0. The summed E-state index contributed by atoms with van der Waals surface area (Å²) in [6.07, 6.45) is 1.72. The maximum absolute atomic E-state index is 13.7. The van der Waals surface area contributed by atoms with Crippen molar-refractivity contribution in [1.29, 1.82) is 0 Å². The number of hydrogen-bond acceptors (Lipinski definition) is 4. The topological polar surface area (TPSA) is 39.9 Å². The number of carbonyl (C=O) groups is 1. The smallest absolute Gasteiger partial charge is 0.255 e. The van der Waals surface area contributed by atoms with Crippen LogP contribution in [0.3, 0.4) is 0 Å². The van der Waals surface area contributed by atoms with Gasteiger partial charge in [0.2, 0.25) is 0 Å². The first-order chi connectivity index (χ1) is 15.2. The van der Waals surface area contributed by atoms with Crippen molar-refractivity contribution < 1.29 is 9.21 Å². The molecule has 31 heavy (non-hydrogen) atoms. The fraction of sp³-hybridized carbons (Fsp3) is 0.346. The van der Waals surface area contributed by atoms with Crippen LogP contribution in [-0.2, 0) is 6.54 Å². The molecule has 0 aliphatic carbocycles. The lowest BCUT2D eigenvalue weighted by Gasteiger charge is -2.44. The molecule has 1 aromatic heterocycles. The summed E-state index contributed by atoms with van der Waals surface area (Å²) in [6.45, 7) is 5.73. The Morgan fingerprint density at radius 1 is 0.903 bits per heavy atom. The zero-order valence-corrected chi connectivity index (χ0v) is 18.0. The molecule has 1 fully saturated rings. The van der Waals surface area contributed by atoms with Crippen molar-refractivity contribution in [2.45, 2.75) is 18.5 Å². The van der Waals surface area contributed by atoms with E-state index < -0.39 is 0 Å². The summed E-state index contributed by atoms with van der Waals surface area (Å²) < 4.78 is 5.92. The number of fused-ring (bicyclic) bond motifs is 1. The Bertz CT molecular complexity index is 1010. The summed E-state index contributed by atoms with van der Waals surface area (Å²) in [5.74, 6) is 1.10. The van der Waals surface area contributed by atoms with Gasteiger partial charge in [-0.15, -0.1) is 0 Å². The van der Waals surface area contributed by atoms with Crippen molar-refractivity contribution in [2.75, 3.05) is 39.8 Å². The van der Waals surface area contributed by atoms with E-state index in [1.807, 2.05) is 47.4 Å². The Hall–Kier alpha value is -2.89. The largest absolute Gasteiger partial charge is 0.467 e. The number of nitrogens with zero attached hydrogens (tertiary/aromatic N) is 3. The summed E-state index contributed by atoms with van der Waals surface area (Å²) >= 11 is 0. The van der Waals surface area contributed by atoms with Gasteiger partial charge < -0.3 is 19.1 Å². The van der Waals surface area contributed by atoms with E-state index in [1.54, 1.807) is 6.26 Å². The van der Waals surface area contributed by atoms with E-state index in [-0.39, 0.29) is 17.9 Å². The molecule has 2 aliphatic heterocycles. The normalized spacial score (nSPS) is 22.5. The Morgan fingerprint density at radius 3 is 2.39 bits per heavy atom. The van der Waals surface area contributed by atoms with Crippen LogP contribution in [0.1, 0.15) is 39.2 Å². The third-order valence-corrected chi connectivity index (χ3v) is 6.65. The fourth-order valence-corrected chi connectivity index (χ4v) is 4.95. The molecule has 5 rings (SSSR count). The first-order valence-corrected chi connectivity index (χ1v) is 11.1. The average Bonchev–Trinajstić information content (AvgIpc) is 3.33. The van der Waals surface area contributed by atoms with Gasteiger partial charge >= 0.3 is 0 Å². The minimum Gasteiger partial charge on any atom is -0.467 e. The predicted octanol–water partition coefficient (Wildman–Crippen LogP) is 4.01. The van der Waals surface area contributed by atoms with Crippen LogP contribution >= 0.6 is 0 Å². The Balaban J connectivity index is 1.55. The van der Waals surface area contributed by atoms with Crippen molar-refractivity contribution in [3.8, 4) is 0 Å². The van der Waals surface area contributed by atoms with Gasteiger partial charge in [0, 0.05) is 50.7 Å². The zero-order valence-electron chi connectivity index (χ0n) is 18.0. The maximum Gasteiger partial charge on any atom is 0.255 e. The van der Waals surface area contributed by atoms with Crippen LogP contribution in [0.15, 0.2) is 77.4 Å². The SMILES string of the molecule is CN1CCN(C[C@H]2c3ccccc3C(=O)N(Cc3ccccc3)[C@@H]2c2ccco2)CC1. The molecule has 0 N–H and O–H groups in total. The number of likely N-dealkylation sites (N-methyl/N-ethyl adjacent to an activating group) is 1. The van der Waals surface area contributed by atoms with Crippen molar-refractivity contribution >= 4 is 5.91 Å². The molecular formula is C26H29N3O2. The maximum atomic E-state index is 13.7. The van der Waals surface area contributed by atoms with Crippen molar-refractivity contribution in [1.82, 2.24) is 14.7 Å². The molecule has 1 amide bonds. The standard InChI is InChI=1S/C26H29N3O2/c1-27-13-15-28(16-14-27)19-23-21-10-5-6-11-22(21)26(30)29(18-20-8-3-2-4-9-20)25(23)24-12-7-17-31-24/h2-12,17,23,25H,13-16,18-19H2,1H3/t23-,25-/m0/s1. The lowest BCUT2D eigenvalue weighted by atomic mass is 9.81. The van der Waals surface area contributed by atoms with Gasteiger partial charge in [0.1, 0.15) is 5.76 Å². The third kappa shape index (κ3) is 4.03. The quantitative estimate of drug-likeness (QED) is 0.631. The lowest BCUT2D eigenvalue weighted by Crippen LogP contribution is -2.49. The third-order valence-electron chi connectivity index (χ3n) is 6.65. The van der Waals surface area contributed by atoms with Gasteiger partial charge in [-0.05, 0) is 36.4 Å². The van der Waals surface area contributed by atoms with Crippen molar-refractivity contribution in [3.05, 3.63) is 95.4 Å². The molecule has 2 aliphatic rings. The average molecular weight is 416 g/mol. The number of piperazine rings is 1. The highest BCUT2D eigenvalue weighted by atomic mass is 16.3. The van der Waals surface area contributed by atoms with Crippen LogP contribution in [-0.4, -0.2) is 60.4 Å². The van der Waals surface area contributed by atoms with Gasteiger partial charge in [0.25, 0.3) is 5.91 Å². The summed E-state index contributed by atoms with van der Waals surface area (Å²) in [7, 11) is 2.18. The second kappa shape index (κ2) is 8.69. The second-order valence-electron chi connectivity index (χ2n) is 8.68. The summed E-state index contributed by atoms with van der Waals surface area (Å²) in [4.78, 5) is 20.6. The highest BCUT2D eigenvalue weighted by Gasteiger charge is 2.42. The van der Waals surface area contributed by atoms with Gasteiger partial charge in [-0.2, -0.15) is 0 Å². The van der Waals surface area contributed by atoms with E-state index in [9.17, 15) is 4.79 Å². The van der Waals surface area contributed by atoms with Crippen LogP contribution in [0.25, 0.3) is 0 Å². The monoisotopic (exact) mass is 415 g/mol. The Kier molecular flexibility index (Phi) is 5.62. The van der Waals surface area contributed by atoms with Crippen molar-refractivity contribution in [3.63, 3.8) is 0 Å². The fourth-order valence-electron chi connectivity index (χ4n) is 4.95. The van der Waals surface area contributed by atoms with E-state index in [4.69, 9.17) is 4.42 Å².